The highest BCUT2D eigenvalue weighted by Gasteiger charge is 2.21. The molecule has 20 heavy (non-hydrogen) atoms. The Kier molecular flexibility index (Phi) is 6.65. The van der Waals surface area contributed by atoms with Crippen molar-refractivity contribution < 1.29 is 9.66 Å². The van der Waals surface area contributed by atoms with Gasteiger partial charge < -0.3 is 15.4 Å². The van der Waals surface area contributed by atoms with Gasteiger partial charge >= 0.3 is 5.69 Å². The van der Waals surface area contributed by atoms with E-state index in [9.17, 15) is 10.1 Å². The van der Waals surface area contributed by atoms with E-state index in [0.29, 0.717) is 13.2 Å². The summed E-state index contributed by atoms with van der Waals surface area (Å²) in [6, 6.07) is 0. The second-order valence-corrected chi connectivity index (χ2v) is 4.48. The molecule has 0 atom stereocenters. The highest BCUT2D eigenvalue weighted by atomic mass is 16.6. The Morgan fingerprint density at radius 2 is 2.05 bits per heavy atom. The van der Waals surface area contributed by atoms with Crippen LogP contribution in [0.2, 0.25) is 0 Å². The van der Waals surface area contributed by atoms with Crippen LogP contribution in [0.1, 0.15) is 26.7 Å². The van der Waals surface area contributed by atoms with Crippen molar-refractivity contribution in [1.29, 1.82) is 0 Å². The van der Waals surface area contributed by atoms with E-state index >= 15 is 0 Å². The monoisotopic (exact) mass is 283 g/mol. The molecule has 1 aromatic heterocycles. The first-order valence-corrected chi connectivity index (χ1v) is 6.58. The number of aromatic nitrogens is 2. The minimum absolute atomic E-state index is 0.131. The van der Waals surface area contributed by atoms with Crippen molar-refractivity contribution in [3.63, 3.8) is 0 Å². The number of hydrogen-bond acceptors (Lipinski definition) is 7. The quantitative estimate of drug-likeness (QED) is 0.406. The first-order valence-electron chi connectivity index (χ1n) is 6.58. The average Bonchev–Trinajstić information content (AvgIpc) is 2.41. The fraction of sp³-hybridized carbons (Fsp3) is 0.667. The zero-order valence-corrected chi connectivity index (χ0v) is 12.0. The Morgan fingerprint density at radius 1 is 1.35 bits per heavy atom. The summed E-state index contributed by atoms with van der Waals surface area (Å²) < 4.78 is 5.42. The van der Waals surface area contributed by atoms with Gasteiger partial charge in [-0.15, -0.1) is 0 Å². The lowest BCUT2D eigenvalue weighted by molar-refractivity contribution is -0.383. The lowest BCUT2D eigenvalue weighted by Gasteiger charge is -2.09. The third-order valence-electron chi connectivity index (χ3n) is 2.56. The molecule has 0 aliphatic rings. The van der Waals surface area contributed by atoms with Crippen LogP contribution in [-0.4, -0.2) is 41.2 Å². The number of anilines is 2. The van der Waals surface area contributed by atoms with Crippen molar-refractivity contribution in [2.24, 2.45) is 0 Å². The minimum Gasteiger partial charge on any atom is -0.379 e. The summed E-state index contributed by atoms with van der Waals surface area (Å²) in [5.74, 6) is 0.440. The van der Waals surface area contributed by atoms with Gasteiger partial charge in [-0.3, -0.25) is 10.1 Å². The predicted molar refractivity (Wildman–Crippen MR) is 77.0 cm³/mol. The van der Waals surface area contributed by atoms with Gasteiger partial charge in [0, 0.05) is 20.2 Å². The van der Waals surface area contributed by atoms with Crippen LogP contribution in [0.15, 0.2) is 6.33 Å². The van der Waals surface area contributed by atoms with E-state index in [0.717, 1.165) is 12.8 Å². The van der Waals surface area contributed by atoms with Crippen molar-refractivity contribution >= 4 is 17.3 Å². The first-order chi connectivity index (χ1) is 9.56. The van der Waals surface area contributed by atoms with E-state index in [-0.39, 0.29) is 23.4 Å². The fourth-order valence-corrected chi connectivity index (χ4v) is 1.62. The normalized spacial score (nSPS) is 10.6. The van der Waals surface area contributed by atoms with Crippen molar-refractivity contribution in [2.75, 3.05) is 30.8 Å². The van der Waals surface area contributed by atoms with Crippen LogP contribution in [0.3, 0.4) is 0 Å². The Balaban J connectivity index is 2.49. The summed E-state index contributed by atoms with van der Waals surface area (Å²) in [5.41, 5.74) is -0.131. The first kappa shape index (κ1) is 16.1. The van der Waals surface area contributed by atoms with Crippen molar-refractivity contribution in [2.45, 2.75) is 32.8 Å². The summed E-state index contributed by atoms with van der Waals surface area (Å²) in [5, 5.41) is 16.7. The molecule has 8 heteroatoms. The molecular weight excluding hydrogens is 262 g/mol. The molecule has 0 spiro atoms. The number of ether oxygens (including phenoxy) is 1. The van der Waals surface area contributed by atoms with E-state index in [4.69, 9.17) is 4.74 Å². The fourth-order valence-electron chi connectivity index (χ4n) is 1.62. The van der Waals surface area contributed by atoms with Crippen LogP contribution in [0, 0.1) is 10.1 Å². The van der Waals surface area contributed by atoms with Crippen LogP contribution in [0.25, 0.3) is 0 Å². The third kappa shape index (κ3) is 4.96. The predicted octanol–water partition coefficient (Wildman–Crippen LogP) is 2.04. The zero-order chi connectivity index (χ0) is 15.0. The smallest absolute Gasteiger partial charge is 0.353 e. The van der Waals surface area contributed by atoms with Gasteiger partial charge in [-0.2, -0.15) is 0 Å². The molecule has 0 aromatic carbocycles. The number of nitrogens with one attached hydrogen (secondary N) is 2. The van der Waals surface area contributed by atoms with E-state index in [1.54, 1.807) is 7.05 Å². The molecule has 0 aliphatic heterocycles. The SMILES string of the molecule is CNc1ncnc(NCCCCOC(C)C)c1[N+](=O)[O-]. The van der Waals surface area contributed by atoms with Gasteiger partial charge in [-0.05, 0) is 26.7 Å². The van der Waals surface area contributed by atoms with Gasteiger partial charge in [0.25, 0.3) is 0 Å². The highest BCUT2D eigenvalue weighted by molar-refractivity contribution is 5.68. The van der Waals surface area contributed by atoms with Gasteiger partial charge in [-0.25, -0.2) is 9.97 Å². The Labute approximate surface area is 118 Å². The number of rotatable bonds is 9. The summed E-state index contributed by atoms with van der Waals surface area (Å²) in [7, 11) is 1.59. The zero-order valence-electron chi connectivity index (χ0n) is 12.0. The van der Waals surface area contributed by atoms with Crippen molar-refractivity contribution in [1.82, 2.24) is 9.97 Å². The molecule has 0 bridgehead atoms. The maximum Gasteiger partial charge on any atom is 0.353 e. The lowest BCUT2D eigenvalue weighted by Crippen LogP contribution is -2.10. The molecule has 0 fully saturated rings. The van der Waals surface area contributed by atoms with Crippen LogP contribution in [-0.2, 0) is 4.74 Å². The Bertz CT molecular complexity index is 439. The second-order valence-electron chi connectivity index (χ2n) is 4.48. The van der Waals surface area contributed by atoms with Crippen molar-refractivity contribution in [3.8, 4) is 0 Å². The summed E-state index contributed by atoms with van der Waals surface area (Å²) >= 11 is 0. The summed E-state index contributed by atoms with van der Waals surface area (Å²) in [6.07, 6.45) is 3.26. The molecule has 2 N–H and O–H groups in total. The second kappa shape index (κ2) is 8.26. The molecule has 1 aromatic rings. The Hall–Kier alpha value is -1.96. The molecule has 0 unspecified atom stereocenters. The van der Waals surface area contributed by atoms with Crippen LogP contribution >= 0.6 is 0 Å². The van der Waals surface area contributed by atoms with E-state index in [1.807, 2.05) is 13.8 Å². The molecule has 1 rings (SSSR count). The number of nitrogens with zero attached hydrogens (tertiary/aromatic N) is 3. The maximum atomic E-state index is 11.0. The number of nitro groups is 1. The van der Waals surface area contributed by atoms with E-state index in [1.165, 1.54) is 6.33 Å². The van der Waals surface area contributed by atoms with Gasteiger partial charge in [-0.1, -0.05) is 0 Å². The van der Waals surface area contributed by atoms with Gasteiger partial charge in [0.1, 0.15) is 6.33 Å². The largest absolute Gasteiger partial charge is 0.379 e. The molecule has 0 radical (unpaired) electrons. The molecular formula is C12H21N5O3. The molecule has 112 valence electrons. The summed E-state index contributed by atoms with van der Waals surface area (Å²) in [6.45, 7) is 5.26. The molecule has 1 heterocycles. The number of unbranched alkanes of at least 4 members (excludes halogenated alkanes) is 1. The standard InChI is InChI=1S/C12H21N5O3/c1-9(2)20-7-5-4-6-14-12-10(17(18)19)11(13-3)15-8-16-12/h8-9H,4-7H2,1-3H3,(H2,13,14,15,16). The minimum atomic E-state index is -0.490. The molecule has 0 amide bonds. The molecule has 8 nitrogen and oxygen atoms in total. The Morgan fingerprint density at radius 3 is 2.65 bits per heavy atom. The summed E-state index contributed by atoms with van der Waals surface area (Å²) in [4.78, 5) is 18.3. The van der Waals surface area contributed by atoms with Gasteiger partial charge in [0.05, 0.1) is 11.0 Å². The average molecular weight is 283 g/mol. The highest BCUT2D eigenvalue weighted by Crippen LogP contribution is 2.28. The molecule has 0 aliphatic carbocycles. The van der Waals surface area contributed by atoms with Gasteiger partial charge in [0.2, 0.25) is 11.6 Å². The van der Waals surface area contributed by atoms with Crippen LogP contribution in [0.5, 0.6) is 0 Å². The van der Waals surface area contributed by atoms with E-state index < -0.39 is 4.92 Å². The maximum absolute atomic E-state index is 11.0. The van der Waals surface area contributed by atoms with Crippen LogP contribution in [0.4, 0.5) is 17.3 Å². The third-order valence-corrected chi connectivity index (χ3v) is 2.56. The topological polar surface area (TPSA) is 102 Å². The molecule has 0 saturated heterocycles. The van der Waals surface area contributed by atoms with Gasteiger partial charge in [0.15, 0.2) is 0 Å². The lowest BCUT2D eigenvalue weighted by atomic mass is 10.3. The molecule has 0 saturated carbocycles. The van der Waals surface area contributed by atoms with Crippen LogP contribution < -0.4 is 10.6 Å². The van der Waals surface area contributed by atoms with E-state index in [2.05, 4.69) is 20.6 Å². The number of hydrogen-bond donors (Lipinski definition) is 2. The van der Waals surface area contributed by atoms with Crippen molar-refractivity contribution in [3.05, 3.63) is 16.4 Å².